The van der Waals surface area contributed by atoms with Crippen LogP contribution in [0.15, 0.2) is 30.3 Å². The van der Waals surface area contributed by atoms with Crippen molar-refractivity contribution < 1.29 is 4.79 Å². The van der Waals surface area contributed by atoms with Crippen LogP contribution in [0.3, 0.4) is 0 Å². The summed E-state index contributed by atoms with van der Waals surface area (Å²) in [7, 11) is 1.96. The first kappa shape index (κ1) is 13.8. The van der Waals surface area contributed by atoms with Crippen LogP contribution in [0.5, 0.6) is 0 Å². The highest BCUT2D eigenvalue weighted by Gasteiger charge is 2.24. The molecule has 0 aromatic heterocycles. The highest BCUT2D eigenvalue weighted by atomic mass is 16.2. The van der Waals surface area contributed by atoms with Gasteiger partial charge in [0.05, 0.1) is 0 Å². The third kappa shape index (κ3) is 3.93. The Balaban J connectivity index is 1.89. The lowest BCUT2D eigenvalue weighted by Crippen LogP contribution is -2.28. The first-order valence-electron chi connectivity index (χ1n) is 6.87. The molecule has 19 heavy (non-hydrogen) atoms. The van der Waals surface area contributed by atoms with Crippen molar-refractivity contribution >= 4 is 12.0 Å². The summed E-state index contributed by atoms with van der Waals surface area (Å²) in [6, 6.07) is 8.19. The maximum absolute atomic E-state index is 12.1. The molecular weight excluding hydrogens is 236 g/mol. The molecule has 1 heterocycles. The van der Waals surface area contributed by atoms with Crippen LogP contribution in [0.4, 0.5) is 0 Å². The lowest BCUT2D eigenvalue weighted by Gasteiger charge is -2.14. The molecule has 3 heteroatoms. The van der Waals surface area contributed by atoms with E-state index >= 15 is 0 Å². The van der Waals surface area contributed by atoms with Crippen molar-refractivity contribution in [2.24, 2.45) is 5.92 Å². The molecule has 1 aliphatic rings. The Bertz CT molecular complexity index is 450. The topological polar surface area (TPSA) is 32.3 Å². The van der Waals surface area contributed by atoms with E-state index in [2.05, 4.69) is 24.4 Å². The average molecular weight is 258 g/mol. The molecule has 1 fully saturated rings. The van der Waals surface area contributed by atoms with Crippen molar-refractivity contribution in [3.8, 4) is 0 Å². The predicted octanol–water partition coefficient (Wildman–Crippen LogP) is 2.08. The monoisotopic (exact) mass is 258 g/mol. The standard InChI is InChI=1S/C16H22N2O/c1-13-3-5-14(6-4-13)7-8-16(19)18-10-9-15(12-18)11-17-2/h3-8,15,17H,9-12H2,1-2H3/b8-7+. The highest BCUT2D eigenvalue weighted by molar-refractivity contribution is 5.91. The quantitative estimate of drug-likeness (QED) is 0.839. The first-order chi connectivity index (χ1) is 9.19. The van der Waals surface area contributed by atoms with E-state index in [0.29, 0.717) is 5.92 Å². The van der Waals surface area contributed by atoms with Gasteiger partial charge in [-0.25, -0.2) is 0 Å². The number of nitrogens with zero attached hydrogens (tertiary/aromatic N) is 1. The second-order valence-corrected chi connectivity index (χ2v) is 5.24. The molecule has 1 unspecified atom stereocenters. The van der Waals surface area contributed by atoms with Gasteiger partial charge in [0.2, 0.25) is 5.91 Å². The van der Waals surface area contributed by atoms with Gasteiger partial charge in [-0.2, -0.15) is 0 Å². The van der Waals surface area contributed by atoms with Crippen molar-refractivity contribution in [3.05, 3.63) is 41.5 Å². The molecule has 0 spiro atoms. The molecule has 0 bridgehead atoms. The van der Waals surface area contributed by atoms with Crippen LogP contribution in [0.2, 0.25) is 0 Å². The average Bonchev–Trinajstić information content (AvgIpc) is 2.87. The number of hydrogen-bond donors (Lipinski definition) is 1. The smallest absolute Gasteiger partial charge is 0.246 e. The number of hydrogen-bond acceptors (Lipinski definition) is 2. The van der Waals surface area contributed by atoms with Gasteiger partial charge in [0.25, 0.3) is 0 Å². The number of rotatable bonds is 4. The van der Waals surface area contributed by atoms with E-state index in [0.717, 1.165) is 31.6 Å². The zero-order valence-electron chi connectivity index (χ0n) is 11.7. The number of carbonyl (C=O) groups is 1. The Morgan fingerprint density at radius 1 is 1.42 bits per heavy atom. The predicted molar refractivity (Wildman–Crippen MR) is 78.8 cm³/mol. The second kappa shape index (κ2) is 6.53. The Hall–Kier alpha value is -1.61. The maximum atomic E-state index is 12.1. The van der Waals surface area contributed by atoms with Crippen LogP contribution in [-0.2, 0) is 4.79 Å². The fourth-order valence-electron chi connectivity index (χ4n) is 2.44. The highest BCUT2D eigenvalue weighted by Crippen LogP contribution is 2.16. The molecule has 1 aromatic carbocycles. The zero-order valence-corrected chi connectivity index (χ0v) is 11.7. The van der Waals surface area contributed by atoms with Gasteiger partial charge >= 0.3 is 0 Å². The van der Waals surface area contributed by atoms with Gasteiger partial charge in [-0.05, 0) is 44.5 Å². The van der Waals surface area contributed by atoms with Gasteiger partial charge in [-0.3, -0.25) is 4.79 Å². The molecule has 1 aliphatic heterocycles. The van der Waals surface area contributed by atoms with E-state index in [9.17, 15) is 4.79 Å². The lowest BCUT2D eigenvalue weighted by atomic mass is 10.1. The van der Waals surface area contributed by atoms with E-state index in [1.54, 1.807) is 6.08 Å². The molecule has 2 rings (SSSR count). The molecule has 102 valence electrons. The van der Waals surface area contributed by atoms with Gasteiger partial charge in [0.15, 0.2) is 0 Å². The number of aryl methyl sites for hydroxylation is 1. The van der Waals surface area contributed by atoms with Gasteiger partial charge < -0.3 is 10.2 Å². The van der Waals surface area contributed by atoms with Crippen molar-refractivity contribution in [3.63, 3.8) is 0 Å². The van der Waals surface area contributed by atoms with Gasteiger partial charge in [-0.15, -0.1) is 0 Å². The summed E-state index contributed by atoms with van der Waals surface area (Å²) in [4.78, 5) is 14.0. The Kier molecular flexibility index (Phi) is 4.74. The number of nitrogens with one attached hydrogen (secondary N) is 1. The molecule has 1 aromatic rings. The summed E-state index contributed by atoms with van der Waals surface area (Å²) in [6.07, 6.45) is 4.69. The van der Waals surface area contributed by atoms with Crippen molar-refractivity contribution in [1.29, 1.82) is 0 Å². The second-order valence-electron chi connectivity index (χ2n) is 5.24. The van der Waals surface area contributed by atoms with E-state index in [4.69, 9.17) is 0 Å². The summed E-state index contributed by atoms with van der Waals surface area (Å²) in [5.74, 6) is 0.723. The zero-order chi connectivity index (χ0) is 13.7. The molecule has 1 saturated heterocycles. The summed E-state index contributed by atoms with van der Waals surface area (Å²) >= 11 is 0. The van der Waals surface area contributed by atoms with E-state index < -0.39 is 0 Å². The number of benzene rings is 1. The number of amides is 1. The molecule has 0 saturated carbocycles. The fraction of sp³-hybridized carbons (Fsp3) is 0.438. The van der Waals surface area contributed by atoms with Crippen LogP contribution >= 0.6 is 0 Å². The third-order valence-corrected chi connectivity index (χ3v) is 3.59. The number of carbonyl (C=O) groups excluding carboxylic acids is 1. The van der Waals surface area contributed by atoms with Gasteiger partial charge in [0.1, 0.15) is 0 Å². The van der Waals surface area contributed by atoms with Crippen LogP contribution in [0.1, 0.15) is 17.5 Å². The minimum absolute atomic E-state index is 0.124. The normalized spacial score (nSPS) is 19.3. The molecule has 0 aliphatic carbocycles. The van der Waals surface area contributed by atoms with E-state index in [1.807, 2.05) is 30.2 Å². The number of likely N-dealkylation sites (tertiary alicyclic amines) is 1. The van der Waals surface area contributed by atoms with Crippen LogP contribution in [-0.4, -0.2) is 37.5 Å². The molecule has 1 N–H and O–H groups in total. The summed E-state index contributed by atoms with van der Waals surface area (Å²) < 4.78 is 0. The van der Waals surface area contributed by atoms with Gasteiger partial charge in [0, 0.05) is 19.2 Å². The Labute approximate surface area is 115 Å². The van der Waals surface area contributed by atoms with Crippen LogP contribution in [0.25, 0.3) is 6.08 Å². The van der Waals surface area contributed by atoms with Crippen molar-refractivity contribution in [1.82, 2.24) is 10.2 Å². The van der Waals surface area contributed by atoms with E-state index in [1.165, 1.54) is 5.56 Å². The van der Waals surface area contributed by atoms with Crippen molar-refractivity contribution in [2.45, 2.75) is 13.3 Å². The third-order valence-electron chi connectivity index (χ3n) is 3.59. The minimum Gasteiger partial charge on any atom is -0.339 e. The van der Waals surface area contributed by atoms with Crippen LogP contribution < -0.4 is 5.32 Å². The van der Waals surface area contributed by atoms with Crippen molar-refractivity contribution in [2.75, 3.05) is 26.7 Å². The van der Waals surface area contributed by atoms with Gasteiger partial charge in [-0.1, -0.05) is 29.8 Å². The Morgan fingerprint density at radius 2 is 2.16 bits per heavy atom. The Morgan fingerprint density at radius 3 is 2.84 bits per heavy atom. The molecule has 1 atom stereocenters. The molecular formula is C16H22N2O. The minimum atomic E-state index is 0.124. The SMILES string of the molecule is CNCC1CCN(C(=O)/C=C/c2ccc(C)cc2)C1. The molecule has 0 radical (unpaired) electrons. The van der Waals surface area contributed by atoms with E-state index in [-0.39, 0.29) is 5.91 Å². The summed E-state index contributed by atoms with van der Waals surface area (Å²) in [5.41, 5.74) is 2.31. The molecule has 3 nitrogen and oxygen atoms in total. The summed E-state index contributed by atoms with van der Waals surface area (Å²) in [5, 5.41) is 3.18. The van der Waals surface area contributed by atoms with Crippen LogP contribution in [0, 0.1) is 12.8 Å². The lowest BCUT2D eigenvalue weighted by molar-refractivity contribution is -0.125. The maximum Gasteiger partial charge on any atom is 0.246 e. The largest absolute Gasteiger partial charge is 0.339 e. The first-order valence-corrected chi connectivity index (χ1v) is 6.87. The fourth-order valence-corrected chi connectivity index (χ4v) is 2.44. The summed E-state index contributed by atoms with van der Waals surface area (Å²) in [6.45, 7) is 4.80. The molecule has 1 amide bonds.